The third-order valence-corrected chi connectivity index (χ3v) is 7.19. The standard InChI is InChI=1S/C30H35N3O7/c1-21-24(31-28(39-21)23-8-4-3-5-9-23)20-38-25-12-11-22(19-27(25)36-2)7-6-10-26-29(34)33(30(35)40-26)14-13-32-15-17-37-18-16-32/h3-5,8-9,11-12,19,26H,6-7,10,13-18,20H2,1-2H3. The number of cyclic esters (lactones) is 1. The van der Waals surface area contributed by atoms with Crippen LogP contribution in [0.3, 0.4) is 0 Å². The minimum absolute atomic E-state index is 0.245. The number of nitrogens with zero attached hydrogens (tertiary/aromatic N) is 3. The summed E-state index contributed by atoms with van der Waals surface area (Å²) in [7, 11) is 1.60. The van der Waals surface area contributed by atoms with Gasteiger partial charge in [-0.25, -0.2) is 14.7 Å². The monoisotopic (exact) mass is 549 g/mol. The first-order valence-electron chi connectivity index (χ1n) is 13.7. The van der Waals surface area contributed by atoms with Crippen LogP contribution in [0.1, 0.15) is 29.9 Å². The van der Waals surface area contributed by atoms with Gasteiger partial charge in [-0.2, -0.15) is 0 Å². The van der Waals surface area contributed by atoms with Gasteiger partial charge in [-0.15, -0.1) is 0 Å². The third-order valence-electron chi connectivity index (χ3n) is 7.19. The van der Waals surface area contributed by atoms with Gasteiger partial charge in [0.05, 0.1) is 20.3 Å². The second kappa shape index (κ2) is 13.0. The highest BCUT2D eigenvalue weighted by atomic mass is 16.6. The summed E-state index contributed by atoms with van der Waals surface area (Å²) >= 11 is 0. The summed E-state index contributed by atoms with van der Waals surface area (Å²) < 4.78 is 28.1. The molecular formula is C30H35N3O7. The molecule has 1 atom stereocenters. The first kappa shape index (κ1) is 27.7. The van der Waals surface area contributed by atoms with Gasteiger partial charge in [-0.1, -0.05) is 24.3 Å². The van der Waals surface area contributed by atoms with Crippen molar-refractivity contribution in [3.8, 4) is 23.0 Å². The van der Waals surface area contributed by atoms with Crippen molar-refractivity contribution in [2.45, 2.75) is 38.9 Å². The van der Waals surface area contributed by atoms with Crippen LogP contribution in [0.15, 0.2) is 52.9 Å². The van der Waals surface area contributed by atoms with Gasteiger partial charge >= 0.3 is 6.09 Å². The Hall–Kier alpha value is -3.89. The lowest BCUT2D eigenvalue weighted by atomic mass is 10.0. The minimum atomic E-state index is -0.729. The molecule has 0 N–H and O–H groups in total. The molecule has 2 aliphatic heterocycles. The number of aryl methyl sites for hydroxylation is 2. The number of ether oxygens (including phenoxy) is 4. The van der Waals surface area contributed by atoms with Gasteiger partial charge in [0.2, 0.25) is 5.89 Å². The summed E-state index contributed by atoms with van der Waals surface area (Å²) in [6.07, 6.45) is 0.575. The molecule has 3 heterocycles. The van der Waals surface area contributed by atoms with E-state index in [9.17, 15) is 9.59 Å². The van der Waals surface area contributed by atoms with Crippen LogP contribution in [0, 0.1) is 6.92 Å². The van der Waals surface area contributed by atoms with Gasteiger partial charge < -0.3 is 23.4 Å². The molecule has 2 fully saturated rings. The number of amides is 2. The van der Waals surface area contributed by atoms with Crippen LogP contribution < -0.4 is 9.47 Å². The quantitative estimate of drug-likeness (QED) is 0.328. The lowest BCUT2D eigenvalue weighted by molar-refractivity contribution is -0.130. The van der Waals surface area contributed by atoms with E-state index in [2.05, 4.69) is 9.88 Å². The highest BCUT2D eigenvalue weighted by molar-refractivity contribution is 6.00. The predicted octanol–water partition coefficient (Wildman–Crippen LogP) is 4.24. The number of oxazole rings is 1. The molecule has 0 bridgehead atoms. The number of morpholine rings is 1. The van der Waals surface area contributed by atoms with Gasteiger partial charge in [0.25, 0.3) is 5.91 Å². The molecule has 2 aromatic carbocycles. The number of rotatable bonds is 12. The van der Waals surface area contributed by atoms with Crippen LogP contribution in [0.25, 0.3) is 11.5 Å². The smallest absolute Gasteiger partial charge is 0.417 e. The molecule has 0 spiro atoms. The summed E-state index contributed by atoms with van der Waals surface area (Å²) in [5.74, 6) is 2.23. The Morgan fingerprint density at radius 3 is 2.60 bits per heavy atom. The maximum Gasteiger partial charge on any atom is 0.417 e. The van der Waals surface area contributed by atoms with Crippen molar-refractivity contribution in [1.82, 2.24) is 14.8 Å². The molecule has 5 rings (SSSR count). The van der Waals surface area contributed by atoms with E-state index in [0.29, 0.717) is 68.7 Å². The van der Waals surface area contributed by atoms with Crippen LogP contribution in [-0.2, 0) is 27.3 Å². The zero-order valence-electron chi connectivity index (χ0n) is 23.0. The van der Waals surface area contributed by atoms with Crippen molar-refractivity contribution < 1.29 is 33.0 Å². The highest BCUT2D eigenvalue weighted by Crippen LogP contribution is 2.31. The summed E-state index contributed by atoms with van der Waals surface area (Å²) in [4.78, 5) is 33.0. The van der Waals surface area contributed by atoms with Crippen molar-refractivity contribution >= 4 is 12.0 Å². The molecule has 2 amide bonds. The lowest BCUT2D eigenvalue weighted by Gasteiger charge is -2.27. The lowest BCUT2D eigenvalue weighted by Crippen LogP contribution is -2.43. The molecular weight excluding hydrogens is 514 g/mol. The summed E-state index contributed by atoms with van der Waals surface area (Å²) in [6.45, 7) is 6.06. The SMILES string of the molecule is COc1cc(CCCC2OC(=O)N(CCN3CCOCC3)C2=O)ccc1OCc1nc(-c2ccccc2)oc1C. The molecule has 2 saturated heterocycles. The molecule has 10 nitrogen and oxygen atoms in total. The van der Waals surface area contributed by atoms with Crippen molar-refractivity contribution in [2.24, 2.45) is 0 Å². The number of hydrogen-bond acceptors (Lipinski definition) is 9. The molecule has 2 aliphatic rings. The van der Waals surface area contributed by atoms with Crippen molar-refractivity contribution in [2.75, 3.05) is 46.5 Å². The van der Waals surface area contributed by atoms with E-state index in [1.54, 1.807) is 7.11 Å². The fraction of sp³-hybridized carbons (Fsp3) is 0.433. The Bertz CT molecular complexity index is 1300. The number of methoxy groups -OCH3 is 1. The van der Waals surface area contributed by atoms with Crippen LogP contribution >= 0.6 is 0 Å². The van der Waals surface area contributed by atoms with E-state index in [4.69, 9.17) is 23.4 Å². The molecule has 0 radical (unpaired) electrons. The average Bonchev–Trinajstić information content (AvgIpc) is 3.49. The number of benzene rings is 2. The second-order valence-electron chi connectivity index (χ2n) is 9.87. The number of aromatic nitrogens is 1. The summed E-state index contributed by atoms with van der Waals surface area (Å²) in [6, 6.07) is 15.5. The van der Waals surface area contributed by atoms with Gasteiger partial charge in [0.1, 0.15) is 18.1 Å². The molecule has 212 valence electrons. The van der Waals surface area contributed by atoms with E-state index >= 15 is 0 Å². The van der Waals surface area contributed by atoms with E-state index in [1.807, 2.05) is 55.5 Å². The minimum Gasteiger partial charge on any atom is -0.493 e. The van der Waals surface area contributed by atoms with Crippen molar-refractivity contribution in [3.63, 3.8) is 0 Å². The maximum absolute atomic E-state index is 12.8. The number of hydrogen-bond donors (Lipinski definition) is 0. The largest absolute Gasteiger partial charge is 0.493 e. The van der Waals surface area contributed by atoms with Gasteiger partial charge in [0.15, 0.2) is 17.6 Å². The summed E-state index contributed by atoms with van der Waals surface area (Å²) in [5, 5.41) is 0. The van der Waals surface area contributed by atoms with Gasteiger partial charge in [-0.3, -0.25) is 9.69 Å². The van der Waals surface area contributed by atoms with E-state index in [0.717, 1.165) is 29.9 Å². The Kier molecular flexibility index (Phi) is 8.98. The fourth-order valence-electron chi connectivity index (χ4n) is 4.84. The summed E-state index contributed by atoms with van der Waals surface area (Å²) in [5.41, 5.74) is 2.67. The van der Waals surface area contributed by atoms with Crippen LogP contribution in [0.5, 0.6) is 11.5 Å². The molecule has 3 aromatic rings. The zero-order chi connectivity index (χ0) is 27.9. The Morgan fingerprint density at radius 1 is 1.02 bits per heavy atom. The predicted molar refractivity (Wildman–Crippen MR) is 146 cm³/mol. The topological polar surface area (TPSA) is 104 Å². The Labute approximate surface area is 233 Å². The molecule has 10 heteroatoms. The maximum atomic E-state index is 12.8. The first-order valence-corrected chi connectivity index (χ1v) is 13.7. The normalized spacial score (nSPS) is 17.8. The van der Waals surface area contributed by atoms with Gasteiger partial charge in [-0.05, 0) is 56.0 Å². The van der Waals surface area contributed by atoms with E-state index < -0.39 is 12.2 Å². The van der Waals surface area contributed by atoms with Crippen LogP contribution in [-0.4, -0.2) is 79.4 Å². The Balaban J connectivity index is 1.11. The van der Waals surface area contributed by atoms with Crippen molar-refractivity contribution in [1.29, 1.82) is 0 Å². The van der Waals surface area contributed by atoms with Crippen LogP contribution in [0.4, 0.5) is 4.79 Å². The van der Waals surface area contributed by atoms with Crippen molar-refractivity contribution in [3.05, 3.63) is 65.5 Å². The molecule has 0 saturated carbocycles. The van der Waals surface area contributed by atoms with E-state index in [-0.39, 0.29) is 12.5 Å². The zero-order valence-corrected chi connectivity index (χ0v) is 23.0. The Morgan fingerprint density at radius 2 is 1.82 bits per heavy atom. The van der Waals surface area contributed by atoms with Crippen LogP contribution in [0.2, 0.25) is 0 Å². The second-order valence-corrected chi connectivity index (χ2v) is 9.87. The average molecular weight is 550 g/mol. The molecule has 0 aliphatic carbocycles. The van der Waals surface area contributed by atoms with Gasteiger partial charge in [0, 0.05) is 31.7 Å². The number of carbonyl (C=O) groups excluding carboxylic acids is 2. The first-order chi connectivity index (χ1) is 19.5. The molecule has 40 heavy (non-hydrogen) atoms. The third kappa shape index (κ3) is 6.63. The number of imide groups is 1. The number of carbonyl (C=O) groups is 2. The molecule has 1 unspecified atom stereocenters. The fourth-order valence-corrected chi connectivity index (χ4v) is 4.84. The van der Waals surface area contributed by atoms with E-state index in [1.165, 1.54) is 4.90 Å². The molecule has 1 aromatic heterocycles. The highest BCUT2D eigenvalue weighted by Gasteiger charge is 2.40.